The van der Waals surface area contributed by atoms with Gasteiger partial charge in [-0.1, -0.05) is 30.9 Å². The molecule has 15 heavy (non-hydrogen) atoms. The highest BCUT2D eigenvalue weighted by atomic mass is 14.5. The first-order chi connectivity index (χ1) is 7.30. The summed E-state index contributed by atoms with van der Waals surface area (Å²) < 4.78 is 0. The Morgan fingerprint density at radius 1 is 0.933 bits per heavy atom. The van der Waals surface area contributed by atoms with Gasteiger partial charge in [0.15, 0.2) is 0 Å². The molecule has 0 amide bonds. The molecule has 3 aliphatic rings. The van der Waals surface area contributed by atoms with Crippen molar-refractivity contribution in [3.63, 3.8) is 0 Å². The van der Waals surface area contributed by atoms with E-state index in [1.54, 1.807) is 0 Å². The number of hydrogen-bond donors (Lipinski definition) is 0. The normalized spacial score (nSPS) is 41.0. The van der Waals surface area contributed by atoms with Crippen LogP contribution in [0, 0.1) is 11.3 Å². The van der Waals surface area contributed by atoms with Gasteiger partial charge in [0.2, 0.25) is 0 Å². The monoisotopic (exact) mass is 204 g/mol. The van der Waals surface area contributed by atoms with Crippen molar-refractivity contribution in [3.05, 3.63) is 11.1 Å². The van der Waals surface area contributed by atoms with Gasteiger partial charge in [0, 0.05) is 0 Å². The zero-order valence-corrected chi connectivity index (χ0v) is 10.1. The largest absolute Gasteiger partial charge is 0.0707 e. The third-order valence-electron chi connectivity index (χ3n) is 5.38. The zero-order chi connectivity index (χ0) is 10.3. The average molecular weight is 204 g/mol. The predicted molar refractivity (Wildman–Crippen MR) is 64.8 cm³/mol. The second kappa shape index (κ2) is 3.64. The number of allylic oxidation sites excluding steroid dienone is 2. The van der Waals surface area contributed by atoms with Crippen LogP contribution in [0.3, 0.4) is 0 Å². The molecule has 0 aromatic rings. The fourth-order valence-corrected chi connectivity index (χ4v) is 4.43. The van der Waals surface area contributed by atoms with Crippen LogP contribution in [-0.4, -0.2) is 0 Å². The summed E-state index contributed by atoms with van der Waals surface area (Å²) in [4.78, 5) is 0. The van der Waals surface area contributed by atoms with Crippen LogP contribution in [-0.2, 0) is 0 Å². The zero-order valence-electron chi connectivity index (χ0n) is 10.1. The van der Waals surface area contributed by atoms with Crippen molar-refractivity contribution in [1.29, 1.82) is 0 Å². The Labute approximate surface area is 94.1 Å². The Kier molecular flexibility index (Phi) is 2.41. The molecule has 0 heteroatoms. The lowest BCUT2D eigenvalue weighted by Crippen LogP contribution is -2.36. The minimum Gasteiger partial charge on any atom is -0.0707 e. The molecule has 3 rings (SSSR count). The summed E-state index contributed by atoms with van der Waals surface area (Å²) in [6.45, 7) is 2.58. The highest BCUT2D eigenvalue weighted by molar-refractivity contribution is 5.26. The van der Waals surface area contributed by atoms with Crippen LogP contribution in [0.2, 0.25) is 0 Å². The minimum atomic E-state index is 0.703. The predicted octanol–water partition coefficient (Wildman–Crippen LogP) is 4.85. The van der Waals surface area contributed by atoms with Gasteiger partial charge in [0.05, 0.1) is 0 Å². The first-order valence-electron chi connectivity index (χ1n) is 7.00. The van der Waals surface area contributed by atoms with E-state index in [4.69, 9.17) is 0 Å². The quantitative estimate of drug-likeness (QED) is 0.495. The van der Waals surface area contributed by atoms with Crippen molar-refractivity contribution in [2.75, 3.05) is 0 Å². The third kappa shape index (κ3) is 1.57. The fraction of sp³-hybridized carbons (Fsp3) is 0.867. The Morgan fingerprint density at radius 3 is 2.73 bits per heavy atom. The molecule has 0 heterocycles. The van der Waals surface area contributed by atoms with Gasteiger partial charge in [-0.25, -0.2) is 0 Å². The van der Waals surface area contributed by atoms with Gasteiger partial charge >= 0.3 is 0 Å². The maximum absolute atomic E-state index is 2.58. The van der Waals surface area contributed by atoms with Crippen LogP contribution in [0.25, 0.3) is 0 Å². The number of rotatable bonds is 0. The molecule has 0 N–H and O–H groups in total. The van der Waals surface area contributed by atoms with Gasteiger partial charge in [-0.05, 0) is 62.7 Å². The first-order valence-corrected chi connectivity index (χ1v) is 7.00. The van der Waals surface area contributed by atoms with Gasteiger partial charge < -0.3 is 0 Å². The van der Waals surface area contributed by atoms with Crippen molar-refractivity contribution in [2.45, 2.75) is 71.1 Å². The second-order valence-electron chi connectivity index (χ2n) is 6.29. The topological polar surface area (TPSA) is 0 Å². The average Bonchev–Trinajstić information content (AvgIpc) is 2.28. The van der Waals surface area contributed by atoms with E-state index in [1.165, 1.54) is 64.2 Å². The van der Waals surface area contributed by atoms with Crippen LogP contribution in [0.5, 0.6) is 0 Å². The van der Waals surface area contributed by atoms with E-state index in [1.807, 2.05) is 11.1 Å². The van der Waals surface area contributed by atoms with E-state index < -0.39 is 0 Å². The van der Waals surface area contributed by atoms with E-state index in [0.29, 0.717) is 5.41 Å². The van der Waals surface area contributed by atoms with Gasteiger partial charge in [-0.3, -0.25) is 0 Å². The minimum absolute atomic E-state index is 0.703. The molecule has 1 saturated carbocycles. The summed E-state index contributed by atoms with van der Waals surface area (Å²) in [6, 6.07) is 0. The van der Waals surface area contributed by atoms with E-state index in [0.717, 1.165) is 5.92 Å². The van der Waals surface area contributed by atoms with Crippen molar-refractivity contribution in [3.8, 4) is 0 Å². The molecule has 0 nitrogen and oxygen atoms in total. The van der Waals surface area contributed by atoms with Crippen LogP contribution in [0.4, 0.5) is 0 Å². The van der Waals surface area contributed by atoms with E-state index in [9.17, 15) is 0 Å². The van der Waals surface area contributed by atoms with Crippen LogP contribution < -0.4 is 0 Å². The highest BCUT2D eigenvalue weighted by Gasteiger charge is 2.42. The molecule has 84 valence electrons. The van der Waals surface area contributed by atoms with Crippen molar-refractivity contribution >= 4 is 0 Å². The second-order valence-corrected chi connectivity index (χ2v) is 6.29. The third-order valence-corrected chi connectivity index (χ3v) is 5.38. The Hall–Kier alpha value is -0.260. The lowest BCUT2D eigenvalue weighted by atomic mass is 9.57. The highest BCUT2D eigenvalue weighted by Crippen LogP contribution is 2.54. The summed E-state index contributed by atoms with van der Waals surface area (Å²) in [6.07, 6.45) is 14.8. The number of fused-ring (bicyclic) bond motifs is 2. The van der Waals surface area contributed by atoms with Gasteiger partial charge in [0.1, 0.15) is 0 Å². The summed E-state index contributed by atoms with van der Waals surface area (Å²) in [7, 11) is 0. The summed E-state index contributed by atoms with van der Waals surface area (Å²) in [5.41, 5.74) is 4.54. The molecule has 2 atom stereocenters. The molecule has 0 saturated heterocycles. The van der Waals surface area contributed by atoms with Crippen molar-refractivity contribution in [1.82, 2.24) is 0 Å². The maximum atomic E-state index is 2.58. The fourth-order valence-electron chi connectivity index (χ4n) is 4.43. The smallest absolute Gasteiger partial charge is 0.0146 e. The molecular weight excluding hydrogens is 180 g/mol. The molecule has 0 radical (unpaired) electrons. The molecule has 0 aromatic heterocycles. The molecule has 0 bridgehead atoms. The molecule has 1 fully saturated rings. The van der Waals surface area contributed by atoms with E-state index >= 15 is 0 Å². The molecule has 0 aromatic carbocycles. The maximum Gasteiger partial charge on any atom is -0.0146 e. The SMILES string of the molecule is C[C@@]12CCCC[C@@H]1C1=C(CCCC1)CC2. The molecule has 0 unspecified atom stereocenters. The Balaban J connectivity index is 1.93. The van der Waals surface area contributed by atoms with Gasteiger partial charge in [-0.15, -0.1) is 0 Å². The van der Waals surface area contributed by atoms with Crippen LogP contribution in [0.1, 0.15) is 71.1 Å². The van der Waals surface area contributed by atoms with Crippen molar-refractivity contribution in [2.24, 2.45) is 11.3 Å². The van der Waals surface area contributed by atoms with Gasteiger partial charge in [0.25, 0.3) is 0 Å². The summed E-state index contributed by atoms with van der Waals surface area (Å²) >= 11 is 0. The first kappa shape index (κ1) is 9.93. The van der Waals surface area contributed by atoms with Crippen molar-refractivity contribution < 1.29 is 0 Å². The summed E-state index contributed by atoms with van der Waals surface area (Å²) in [5, 5.41) is 0. The molecular formula is C15H24. The standard InChI is InChI=1S/C15H24/c1-15-10-5-4-8-14(15)13-7-3-2-6-12(13)9-11-15/h14H,2-11H2,1H3/t14-,15+/m1/s1. The lowest BCUT2D eigenvalue weighted by molar-refractivity contribution is 0.112. The Bertz CT molecular complexity index is 286. The molecule has 0 aliphatic heterocycles. The summed E-state index contributed by atoms with van der Waals surface area (Å²) in [5.74, 6) is 0.996. The Morgan fingerprint density at radius 2 is 1.80 bits per heavy atom. The van der Waals surface area contributed by atoms with Gasteiger partial charge in [-0.2, -0.15) is 0 Å². The van der Waals surface area contributed by atoms with Crippen LogP contribution >= 0.6 is 0 Å². The number of hydrogen-bond acceptors (Lipinski definition) is 0. The molecule has 3 aliphatic carbocycles. The van der Waals surface area contributed by atoms with E-state index in [2.05, 4.69) is 6.92 Å². The lowest BCUT2D eigenvalue weighted by Gasteiger charge is -2.48. The van der Waals surface area contributed by atoms with Crippen LogP contribution in [0.15, 0.2) is 11.1 Å². The molecule has 0 spiro atoms. The van der Waals surface area contributed by atoms with E-state index in [-0.39, 0.29) is 0 Å².